The Kier molecular flexibility index (Phi) is 3.03. The molecular formula is C21H19F3N2O3. The molecule has 2 aliphatic carbocycles. The molecule has 8 heteroatoms. The van der Waals surface area contributed by atoms with Crippen LogP contribution in [-0.4, -0.2) is 47.4 Å². The number of hydrogen-bond donors (Lipinski definition) is 0. The van der Waals surface area contributed by atoms with Crippen LogP contribution in [-0.2, 0) is 19.7 Å². The number of likely N-dealkylation sites (tertiary alicyclic amines) is 1. The number of halogens is 3. The van der Waals surface area contributed by atoms with Gasteiger partial charge in [0.25, 0.3) is 0 Å². The average molecular weight is 404 g/mol. The standard InChI is InChI=1S/C21H19F3N2O3/c1-2-19-9-26(18(28)21(22,23)24)13-7-11(19)15-17(27)29-14(19)8-20(15)10-5-3-4-6-12(10)25-16(13)20/h3-6,11,13-15H,2,7-9H2,1H3/t11-,13?,14+,15+,19-,20+/m1/s1. The largest absolute Gasteiger partial charge is 0.471 e. The molecule has 4 heterocycles. The van der Waals surface area contributed by atoms with Crippen LogP contribution in [0, 0.1) is 17.3 Å². The highest BCUT2D eigenvalue weighted by molar-refractivity contribution is 6.11. The van der Waals surface area contributed by atoms with Crippen LogP contribution in [0.1, 0.15) is 31.7 Å². The Morgan fingerprint density at radius 2 is 2.10 bits per heavy atom. The van der Waals surface area contributed by atoms with Gasteiger partial charge in [0.15, 0.2) is 0 Å². The number of carbonyl (C=O) groups excluding carboxylic acids is 2. The van der Waals surface area contributed by atoms with Crippen molar-refractivity contribution < 1.29 is 27.5 Å². The lowest BCUT2D eigenvalue weighted by atomic mass is 9.40. The van der Waals surface area contributed by atoms with Gasteiger partial charge in [0.2, 0.25) is 0 Å². The Morgan fingerprint density at radius 1 is 1.34 bits per heavy atom. The van der Waals surface area contributed by atoms with Crippen molar-refractivity contribution in [3.05, 3.63) is 29.8 Å². The van der Waals surface area contributed by atoms with Gasteiger partial charge in [-0.25, -0.2) is 0 Å². The number of para-hydroxylation sites is 1. The molecule has 3 saturated heterocycles. The third-order valence-corrected chi connectivity index (χ3v) is 8.21. The maximum absolute atomic E-state index is 13.5. The van der Waals surface area contributed by atoms with Crippen molar-refractivity contribution >= 4 is 23.3 Å². The van der Waals surface area contributed by atoms with Crippen LogP contribution < -0.4 is 0 Å². The van der Waals surface area contributed by atoms with Gasteiger partial charge in [-0.1, -0.05) is 25.1 Å². The van der Waals surface area contributed by atoms with Gasteiger partial charge in [-0.15, -0.1) is 0 Å². The summed E-state index contributed by atoms with van der Waals surface area (Å²) in [5, 5.41) is 0. The molecule has 4 aliphatic heterocycles. The zero-order valence-corrected chi connectivity index (χ0v) is 15.7. The number of benzene rings is 1. The molecule has 6 aliphatic rings. The smallest absolute Gasteiger partial charge is 0.461 e. The average Bonchev–Trinajstić information content (AvgIpc) is 3.00. The zero-order valence-electron chi connectivity index (χ0n) is 15.7. The highest BCUT2D eigenvalue weighted by Crippen LogP contribution is 2.69. The topological polar surface area (TPSA) is 59.0 Å². The molecular weight excluding hydrogens is 385 g/mol. The van der Waals surface area contributed by atoms with Crippen molar-refractivity contribution in [3.8, 4) is 0 Å². The van der Waals surface area contributed by atoms with E-state index < -0.39 is 41.0 Å². The summed E-state index contributed by atoms with van der Waals surface area (Å²) in [5.74, 6) is -2.65. The first-order valence-corrected chi connectivity index (χ1v) is 10.0. The van der Waals surface area contributed by atoms with Crippen LogP contribution in [0.5, 0.6) is 0 Å². The molecule has 5 bridgehead atoms. The minimum Gasteiger partial charge on any atom is -0.461 e. The number of aliphatic imine (C=N–C) groups is 1. The van der Waals surface area contributed by atoms with E-state index in [-0.39, 0.29) is 18.4 Å². The molecule has 7 rings (SSSR count). The Labute approximate surface area is 164 Å². The summed E-state index contributed by atoms with van der Waals surface area (Å²) in [6.07, 6.45) is -4.04. The predicted octanol–water partition coefficient (Wildman–Crippen LogP) is 3.15. The quantitative estimate of drug-likeness (QED) is 0.676. The lowest BCUT2D eigenvalue weighted by Crippen LogP contribution is -2.79. The number of esters is 1. The second-order valence-corrected chi connectivity index (χ2v) is 8.97. The number of alkyl halides is 3. The van der Waals surface area contributed by atoms with E-state index in [4.69, 9.17) is 9.73 Å². The van der Waals surface area contributed by atoms with Crippen LogP contribution >= 0.6 is 0 Å². The minimum absolute atomic E-state index is 0.0446. The van der Waals surface area contributed by atoms with Crippen LogP contribution in [0.25, 0.3) is 0 Å². The lowest BCUT2D eigenvalue weighted by Gasteiger charge is -2.69. The van der Waals surface area contributed by atoms with Gasteiger partial charge in [-0.3, -0.25) is 14.6 Å². The summed E-state index contributed by atoms with van der Waals surface area (Å²) in [6, 6.07) is 6.72. The number of rotatable bonds is 1. The van der Waals surface area contributed by atoms with E-state index in [0.29, 0.717) is 30.7 Å². The van der Waals surface area contributed by atoms with Crippen molar-refractivity contribution in [1.82, 2.24) is 4.90 Å². The first-order chi connectivity index (χ1) is 13.7. The fraction of sp³-hybridized carbons (Fsp3) is 0.571. The number of nitrogens with zero attached hydrogens (tertiary/aromatic N) is 2. The van der Waals surface area contributed by atoms with Crippen molar-refractivity contribution in [2.75, 3.05) is 6.54 Å². The van der Waals surface area contributed by atoms with Crippen LogP contribution in [0.3, 0.4) is 0 Å². The normalized spacial score (nSPS) is 41.0. The maximum atomic E-state index is 13.5. The molecule has 5 nitrogen and oxygen atoms in total. The Bertz CT molecular complexity index is 1010. The molecule has 5 fully saturated rings. The van der Waals surface area contributed by atoms with E-state index >= 15 is 0 Å². The van der Waals surface area contributed by atoms with Gasteiger partial charge >= 0.3 is 18.1 Å². The molecule has 29 heavy (non-hydrogen) atoms. The number of hydrogen-bond acceptors (Lipinski definition) is 4. The van der Waals surface area contributed by atoms with E-state index in [1.165, 1.54) is 0 Å². The fourth-order valence-corrected chi connectivity index (χ4v) is 7.13. The second kappa shape index (κ2) is 5.02. The van der Waals surface area contributed by atoms with E-state index in [1.807, 2.05) is 31.2 Å². The molecule has 0 aromatic heterocycles. The third-order valence-electron chi connectivity index (χ3n) is 8.21. The first-order valence-electron chi connectivity index (χ1n) is 10.0. The molecule has 1 aromatic rings. The lowest BCUT2D eigenvalue weighted by molar-refractivity contribution is -0.241. The van der Waals surface area contributed by atoms with Crippen LogP contribution in [0.15, 0.2) is 29.3 Å². The van der Waals surface area contributed by atoms with Gasteiger partial charge in [-0.05, 0) is 30.4 Å². The number of piperidine rings is 1. The van der Waals surface area contributed by atoms with Gasteiger partial charge in [0.1, 0.15) is 6.10 Å². The van der Waals surface area contributed by atoms with E-state index in [2.05, 4.69) is 0 Å². The molecule has 152 valence electrons. The summed E-state index contributed by atoms with van der Waals surface area (Å²) in [5.41, 5.74) is 0.736. The summed E-state index contributed by atoms with van der Waals surface area (Å²) >= 11 is 0. The van der Waals surface area contributed by atoms with Gasteiger partial charge in [0, 0.05) is 18.4 Å². The van der Waals surface area contributed by atoms with E-state index in [1.54, 1.807) is 0 Å². The second-order valence-electron chi connectivity index (χ2n) is 8.97. The van der Waals surface area contributed by atoms with Crippen molar-refractivity contribution in [2.45, 2.75) is 49.9 Å². The number of fused-ring (bicyclic) bond motifs is 4. The number of amides is 1. The van der Waals surface area contributed by atoms with Crippen LogP contribution in [0.4, 0.5) is 18.9 Å². The summed E-state index contributed by atoms with van der Waals surface area (Å²) < 4.78 is 46.2. The minimum atomic E-state index is -4.95. The summed E-state index contributed by atoms with van der Waals surface area (Å²) in [6.45, 7) is 1.88. The summed E-state index contributed by atoms with van der Waals surface area (Å²) in [7, 11) is 0. The molecule has 6 atom stereocenters. The van der Waals surface area contributed by atoms with E-state index in [9.17, 15) is 22.8 Å². The monoisotopic (exact) mass is 404 g/mol. The molecule has 1 amide bonds. The number of ether oxygens (including phenoxy) is 1. The molecule has 1 spiro atoms. The highest BCUT2D eigenvalue weighted by atomic mass is 19.4. The highest BCUT2D eigenvalue weighted by Gasteiger charge is 2.77. The molecule has 1 aromatic carbocycles. The van der Waals surface area contributed by atoms with E-state index in [0.717, 1.165) is 10.5 Å². The van der Waals surface area contributed by atoms with Crippen molar-refractivity contribution in [2.24, 2.45) is 22.2 Å². The Hall–Kier alpha value is -2.38. The fourth-order valence-electron chi connectivity index (χ4n) is 7.13. The molecule has 1 unspecified atom stereocenters. The zero-order chi connectivity index (χ0) is 20.3. The van der Waals surface area contributed by atoms with Gasteiger partial charge in [-0.2, -0.15) is 13.2 Å². The maximum Gasteiger partial charge on any atom is 0.471 e. The first kappa shape index (κ1) is 17.5. The predicted molar refractivity (Wildman–Crippen MR) is 95.6 cm³/mol. The SMILES string of the molecule is CC[C@@]12CN(C(=O)C(F)(F)F)C3C[C@@H]1[C@H]1C(=O)O[C@H]2C[C@@]12C3=Nc1ccccc12. The van der Waals surface area contributed by atoms with Gasteiger partial charge < -0.3 is 9.64 Å². The molecule has 0 radical (unpaired) electrons. The molecule has 0 N–H and O–H groups in total. The Morgan fingerprint density at radius 3 is 2.83 bits per heavy atom. The third kappa shape index (κ3) is 1.78. The Balaban J connectivity index is 1.61. The summed E-state index contributed by atoms with van der Waals surface area (Å²) in [4.78, 5) is 31.1. The number of carbonyl (C=O) groups is 2. The van der Waals surface area contributed by atoms with Crippen LogP contribution in [0.2, 0.25) is 0 Å². The van der Waals surface area contributed by atoms with Crippen molar-refractivity contribution in [1.29, 1.82) is 0 Å². The van der Waals surface area contributed by atoms with Crippen molar-refractivity contribution in [3.63, 3.8) is 0 Å². The molecule has 2 saturated carbocycles. The van der Waals surface area contributed by atoms with Gasteiger partial charge in [0.05, 0.1) is 28.8 Å².